The predicted octanol–water partition coefficient (Wildman–Crippen LogP) is 0.871. The van der Waals surface area contributed by atoms with Crippen LogP contribution in [0, 0.1) is 0 Å². The summed E-state index contributed by atoms with van der Waals surface area (Å²) >= 11 is 0. The quantitative estimate of drug-likeness (QED) is 0.582. The van der Waals surface area contributed by atoms with E-state index in [1.807, 2.05) is 14.0 Å². The number of nitrogens with one attached hydrogen (secondary N) is 1. The Morgan fingerprint density at radius 3 is 2.67 bits per heavy atom. The number of nitrogens with zero attached hydrogens (tertiary/aromatic N) is 1. The molecule has 4 nitrogen and oxygen atoms in total. The lowest BCUT2D eigenvalue weighted by atomic mass is 10.4. The first-order valence-electron chi connectivity index (χ1n) is 5.74. The van der Waals surface area contributed by atoms with E-state index in [1.165, 1.54) is 0 Å². The highest BCUT2D eigenvalue weighted by Gasteiger charge is 2.04. The van der Waals surface area contributed by atoms with Gasteiger partial charge in [-0.15, -0.1) is 0 Å². The SMILES string of the molecule is CCCOCCCNCC(=O)N(C)CC. The number of hydrogen-bond donors (Lipinski definition) is 1. The second kappa shape index (κ2) is 9.93. The number of carbonyl (C=O) groups is 1. The first-order valence-corrected chi connectivity index (χ1v) is 5.74. The highest BCUT2D eigenvalue weighted by molar-refractivity contribution is 5.77. The molecule has 1 N–H and O–H groups in total. The van der Waals surface area contributed by atoms with Gasteiger partial charge in [0.15, 0.2) is 0 Å². The number of carbonyl (C=O) groups excluding carboxylic acids is 1. The minimum absolute atomic E-state index is 0.145. The predicted molar refractivity (Wildman–Crippen MR) is 61.9 cm³/mol. The average Bonchev–Trinajstić information content (AvgIpc) is 2.26. The van der Waals surface area contributed by atoms with Gasteiger partial charge in [0.25, 0.3) is 0 Å². The van der Waals surface area contributed by atoms with Crippen molar-refractivity contribution in [3.8, 4) is 0 Å². The van der Waals surface area contributed by atoms with Crippen LogP contribution in [-0.4, -0.2) is 50.7 Å². The number of ether oxygens (including phenoxy) is 1. The molecule has 1 amide bonds. The van der Waals surface area contributed by atoms with E-state index in [1.54, 1.807) is 4.90 Å². The highest BCUT2D eigenvalue weighted by Crippen LogP contribution is 1.85. The van der Waals surface area contributed by atoms with Crippen LogP contribution in [0.15, 0.2) is 0 Å². The minimum Gasteiger partial charge on any atom is -0.381 e. The number of rotatable bonds is 9. The largest absolute Gasteiger partial charge is 0.381 e. The lowest BCUT2D eigenvalue weighted by Crippen LogP contribution is -2.35. The summed E-state index contributed by atoms with van der Waals surface area (Å²) in [5.74, 6) is 0.145. The van der Waals surface area contributed by atoms with E-state index in [9.17, 15) is 4.79 Å². The molecule has 0 spiro atoms. The van der Waals surface area contributed by atoms with Crippen molar-refractivity contribution >= 4 is 5.91 Å². The highest BCUT2D eigenvalue weighted by atomic mass is 16.5. The number of amides is 1. The van der Waals surface area contributed by atoms with Crippen molar-refractivity contribution in [3.05, 3.63) is 0 Å². The van der Waals surface area contributed by atoms with Crippen molar-refractivity contribution < 1.29 is 9.53 Å². The second-order valence-corrected chi connectivity index (χ2v) is 3.55. The van der Waals surface area contributed by atoms with Gasteiger partial charge in [-0.1, -0.05) is 6.92 Å². The summed E-state index contributed by atoms with van der Waals surface area (Å²) in [6.07, 6.45) is 2.02. The molecule has 0 saturated heterocycles. The Kier molecular flexibility index (Phi) is 9.52. The average molecular weight is 216 g/mol. The van der Waals surface area contributed by atoms with Gasteiger partial charge in [0, 0.05) is 26.8 Å². The first kappa shape index (κ1) is 14.4. The fourth-order valence-corrected chi connectivity index (χ4v) is 1.05. The Bertz CT molecular complexity index is 163. The van der Waals surface area contributed by atoms with Crippen molar-refractivity contribution in [3.63, 3.8) is 0 Å². The van der Waals surface area contributed by atoms with Gasteiger partial charge in [-0.25, -0.2) is 0 Å². The van der Waals surface area contributed by atoms with E-state index in [4.69, 9.17) is 4.74 Å². The monoisotopic (exact) mass is 216 g/mol. The molecular formula is C11H24N2O2. The van der Waals surface area contributed by atoms with Gasteiger partial charge < -0.3 is 15.0 Å². The van der Waals surface area contributed by atoms with Crippen LogP contribution in [-0.2, 0) is 9.53 Å². The molecule has 4 heteroatoms. The van der Waals surface area contributed by atoms with Crippen LogP contribution < -0.4 is 5.32 Å². The van der Waals surface area contributed by atoms with E-state index in [0.717, 1.165) is 39.1 Å². The van der Waals surface area contributed by atoms with Crippen molar-refractivity contribution in [2.24, 2.45) is 0 Å². The van der Waals surface area contributed by atoms with Crippen molar-refractivity contribution in [1.29, 1.82) is 0 Å². The lowest BCUT2D eigenvalue weighted by molar-refractivity contribution is -0.128. The maximum absolute atomic E-state index is 11.3. The second-order valence-electron chi connectivity index (χ2n) is 3.55. The molecule has 90 valence electrons. The molecule has 0 bridgehead atoms. The van der Waals surface area contributed by atoms with E-state index >= 15 is 0 Å². The van der Waals surface area contributed by atoms with Gasteiger partial charge in [-0.05, 0) is 26.3 Å². The molecule has 0 aliphatic carbocycles. The fraction of sp³-hybridized carbons (Fsp3) is 0.909. The summed E-state index contributed by atoms with van der Waals surface area (Å²) < 4.78 is 5.32. The Labute approximate surface area is 93.0 Å². The van der Waals surface area contributed by atoms with E-state index in [-0.39, 0.29) is 5.91 Å². The van der Waals surface area contributed by atoms with Gasteiger partial charge in [-0.2, -0.15) is 0 Å². The molecule has 0 saturated carbocycles. The van der Waals surface area contributed by atoms with Crippen LogP contribution in [0.4, 0.5) is 0 Å². The normalized spacial score (nSPS) is 10.3. The molecule has 0 heterocycles. The third kappa shape index (κ3) is 8.39. The Balaban J connectivity index is 3.20. The topological polar surface area (TPSA) is 41.6 Å². The van der Waals surface area contributed by atoms with Crippen molar-refractivity contribution in [2.75, 3.05) is 39.9 Å². The summed E-state index contributed by atoms with van der Waals surface area (Å²) in [5.41, 5.74) is 0. The minimum atomic E-state index is 0.145. The van der Waals surface area contributed by atoms with E-state index in [2.05, 4.69) is 12.2 Å². The zero-order valence-corrected chi connectivity index (χ0v) is 10.2. The van der Waals surface area contributed by atoms with Gasteiger partial charge in [0.1, 0.15) is 0 Å². The molecule has 0 aromatic heterocycles. The molecule has 15 heavy (non-hydrogen) atoms. The summed E-state index contributed by atoms with van der Waals surface area (Å²) in [5, 5.41) is 3.11. The molecule has 0 fully saturated rings. The zero-order chi connectivity index (χ0) is 11.5. The maximum Gasteiger partial charge on any atom is 0.236 e. The van der Waals surface area contributed by atoms with Gasteiger partial charge in [0.05, 0.1) is 6.54 Å². The van der Waals surface area contributed by atoms with Crippen LogP contribution in [0.1, 0.15) is 26.7 Å². The van der Waals surface area contributed by atoms with E-state index in [0.29, 0.717) is 6.54 Å². The van der Waals surface area contributed by atoms with Crippen LogP contribution in [0.3, 0.4) is 0 Å². The molecule has 0 aliphatic rings. The summed E-state index contributed by atoms with van der Waals surface area (Å²) in [6, 6.07) is 0. The zero-order valence-electron chi connectivity index (χ0n) is 10.2. The van der Waals surface area contributed by atoms with Crippen LogP contribution in [0.25, 0.3) is 0 Å². The van der Waals surface area contributed by atoms with Crippen molar-refractivity contribution in [2.45, 2.75) is 26.7 Å². The molecule has 0 aromatic carbocycles. The first-order chi connectivity index (χ1) is 7.22. The molecule has 0 rings (SSSR count). The van der Waals surface area contributed by atoms with Crippen LogP contribution >= 0.6 is 0 Å². The summed E-state index contributed by atoms with van der Waals surface area (Å²) in [4.78, 5) is 13.1. The number of hydrogen-bond acceptors (Lipinski definition) is 3. The summed E-state index contributed by atoms with van der Waals surface area (Å²) in [7, 11) is 1.81. The molecule has 0 aromatic rings. The molecular weight excluding hydrogens is 192 g/mol. The molecule has 0 unspecified atom stereocenters. The van der Waals surface area contributed by atoms with E-state index < -0.39 is 0 Å². The molecule has 0 radical (unpaired) electrons. The summed E-state index contributed by atoms with van der Waals surface area (Å²) in [6.45, 7) is 7.70. The van der Waals surface area contributed by atoms with Gasteiger partial charge in [-0.3, -0.25) is 4.79 Å². The third-order valence-electron chi connectivity index (χ3n) is 2.17. The Morgan fingerprint density at radius 1 is 1.33 bits per heavy atom. The maximum atomic E-state index is 11.3. The standard InChI is InChI=1S/C11H24N2O2/c1-4-8-15-9-6-7-12-10-11(14)13(3)5-2/h12H,4-10H2,1-3H3. The third-order valence-corrected chi connectivity index (χ3v) is 2.17. The smallest absolute Gasteiger partial charge is 0.236 e. The molecule has 0 atom stereocenters. The Morgan fingerprint density at radius 2 is 2.07 bits per heavy atom. The van der Waals surface area contributed by atoms with Crippen molar-refractivity contribution in [1.82, 2.24) is 10.2 Å². The van der Waals surface area contributed by atoms with Gasteiger partial charge >= 0.3 is 0 Å². The number of likely N-dealkylation sites (N-methyl/N-ethyl adjacent to an activating group) is 1. The van der Waals surface area contributed by atoms with Gasteiger partial charge in [0.2, 0.25) is 5.91 Å². The fourth-order valence-electron chi connectivity index (χ4n) is 1.05. The Hall–Kier alpha value is -0.610. The lowest BCUT2D eigenvalue weighted by Gasteiger charge is -2.14. The van der Waals surface area contributed by atoms with Crippen LogP contribution in [0.5, 0.6) is 0 Å². The van der Waals surface area contributed by atoms with Crippen LogP contribution in [0.2, 0.25) is 0 Å². The molecule has 0 aliphatic heterocycles.